The third-order valence-electron chi connectivity index (χ3n) is 0.671. The molecule has 0 aromatic carbocycles. The Hall–Kier alpha value is 0.540. The van der Waals surface area contributed by atoms with E-state index in [2.05, 4.69) is 25.9 Å². The molecule has 1 nitrogen and oxygen atoms in total. The third kappa shape index (κ3) is 16.0. The first-order valence-corrected chi connectivity index (χ1v) is 2.42. The molecule has 0 aliphatic carbocycles. The van der Waals surface area contributed by atoms with Crippen LogP contribution in [-0.4, -0.2) is 25.5 Å². The number of nitrogens with zero attached hydrogens (tertiary/aromatic N) is 1. The molecule has 54 valence electrons. The van der Waals surface area contributed by atoms with Crippen molar-refractivity contribution in [3.05, 3.63) is 0 Å². The Labute approximate surface area is 64.3 Å². The van der Waals surface area contributed by atoms with Gasteiger partial charge in [-0.05, 0) is 27.1 Å². The fourth-order valence-electron chi connectivity index (χ4n) is 0.447. The highest BCUT2D eigenvalue weighted by Gasteiger charge is 1.79. The highest BCUT2D eigenvalue weighted by atomic mass is 35.5. The van der Waals surface area contributed by atoms with Crippen LogP contribution < -0.4 is 0 Å². The van der Waals surface area contributed by atoms with Gasteiger partial charge in [0.25, 0.3) is 0 Å². The van der Waals surface area contributed by atoms with Crippen molar-refractivity contribution in [2.45, 2.75) is 13.3 Å². The second-order valence-corrected chi connectivity index (χ2v) is 1.80. The van der Waals surface area contributed by atoms with E-state index in [9.17, 15) is 0 Å². The van der Waals surface area contributed by atoms with Crippen LogP contribution >= 0.6 is 24.8 Å². The zero-order valence-corrected chi connectivity index (χ0v) is 7.31. The van der Waals surface area contributed by atoms with Gasteiger partial charge in [-0.15, -0.1) is 24.8 Å². The Morgan fingerprint density at radius 3 is 1.50 bits per heavy atom. The van der Waals surface area contributed by atoms with Crippen molar-refractivity contribution in [1.29, 1.82) is 0 Å². The summed E-state index contributed by atoms with van der Waals surface area (Å²) in [6.07, 6.45) is 1.26. The Morgan fingerprint density at radius 2 is 1.50 bits per heavy atom. The summed E-state index contributed by atoms with van der Waals surface area (Å²) in [7, 11) is 4.17. The van der Waals surface area contributed by atoms with Crippen LogP contribution in [0, 0.1) is 0 Å². The molecular weight excluding hydrogens is 145 g/mol. The van der Waals surface area contributed by atoms with Crippen molar-refractivity contribution < 1.29 is 0 Å². The van der Waals surface area contributed by atoms with Crippen LogP contribution in [0.2, 0.25) is 0 Å². The van der Waals surface area contributed by atoms with E-state index in [1.807, 2.05) is 0 Å². The van der Waals surface area contributed by atoms with Crippen molar-refractivity contribution >= 4 is 24.8 Å². The van der Waals surface area contributed by atoms with Crippen LogP contribution in [0.1, 0.15) is 13.3 Å². The molecule has 0 bridgehead atoms. The fraction of sp³-hybridized carbons (Fsp3) is 1.00. The van der Waals surface area contributed by atoms with Gasteiger partial charge in [-0.2, -0.15) is 0 Å². The predicted molar refractivity (Wildman–Crippen MR) is 43.3 cm³/mol. The van der Waals surface area contributed by atoms with Gasteiger partial charge >= 0.3 is 0 Å². The highest BCUT2D eigenvalue weighted by molar-refractivity contribution is 5.85. The fourth-order valence-corrected chi connectivity index (χ4v) is 0.447. The molecule has 0 N–H and O–H groups in total. The molecule has 0 aliphatic rings. The normalized spacial score (nSPS) is 7.50. The zero-order valence-electron chi connectivity index (χ0n) is 5.68. The lowest BCUT2D eigenvalue weighted by Crippen LogP contribution is -2.11. The van der Waals surface area contributed by atoms with Crippen LogP contribution in [0.15, 0.2) is 0 Å². The minimum atomic E-state index is 0. The van der Waals surface area contributed by atoms with Gasteiger partial charge in [-0.3, -0.25) is 0 Å². The monoisotopic (exact) mass is 159 g/mol. The van der Waals surface area contributed by atoms with E-state index in [0.29, 0.717) is 0 Å². The maximum atomic E-state index is 2.18. The first kappa shape index (κ1) is 15.8. The second-order valence-electron chi connectivity index (χ2n) is 1.80. The maximum absolute atomic E-state index is 2.18. The molecule has 0 rings (SSSR count). The van der Waals surface area contributed by atoms with Gasteiger partial charge in [0.1, 0.15) is 0 Å². The van der Waals surface area contributed by atoms with Crippen LogP contribution in [0.3, 0.4) is 0 Å². The van der Waals surface area contributed by atoms with E-state index in [-0.39, 0.29) is 24.8 Å². The van der Waals surface area contributed by atoms with E-state index >= 15 is 0 Å². The zero-order chi connectivity index (χ0) is 4.99. The molecule has 3 heteroatoms. The minimum absolute atomic E-state index is 0. The SMILES string of the molecule is CCCN(C)C.Cl.Cl. The molecule has 0 aromatic rings. The Balaban J connectivity index is -0.000000125. The molecule has 0 spiro atoms. The molecule has 0 heterocycles. The summed E-state index contributed by atoms with van der Waals surface area (Å²) < 4.78 is 0. The van der Waals surface area contributed by atoms with Gasteiger partial charge in [0.2, 0.25) is 0 Å². The van der Waals surface area contributed by atoms with E-state index in [0.717, 1.165) is 0 Å². The van der Waals surface area contributed by atoms with Crippen molar-refractivity contribution in [3.8, 4) is 0 Å². The maximum Gasteiger partial charge on any atom is -0.00275 e. The van der Waals surface area contributed by atoms with E-state index < -0.39 is 0 Å². The predicted octanol–water partition coefficient (Wildman–Crippen LogP) is 1.80. The van der Waals surface area contributed by atoms with Crippen LogP contribution in [0.25, 0.3) is 0 Å². The summed E-state index contributed by atoms with van der Waals surface area (Å²) >= 11 is 0. The van der Waals surface area contributed by atoms with Gasteiger partial charge in [0, 0.05) is 0 Å². The molecule has 0 radical (unpaired) electrons. The number of halogens is 2. The Kier molecular flexibility index (Phi) is 20.8. The highest BCUT2D eigenvalue weighted by Crippen LogP contribution is 1.76. The van der Waals surface area contributed by atoms with Crippen LogP contribution in [0.4, 0.5) is 0 Å². The third-order valence-corrected chi connectivity index (χ3v) is 0.671. The standard InChI is InChI=1S/C5H13N.2ClH/c1-4-5-6(2)3;;/h4-5H2,1-3H3;2*1H. The smallest absolute Gasteiger partial charge is 0.00275 e. The molecule has 0 fully saturated rings. The Morgan fingerprint density at radius 1 is 1.12 bits per heavy atom. The summed E-state index contributed by atoms with van der Waals surface area (Å²) in [4.78, 5) is 2.18. The topological polar surface area (TPSA) is 3.24 Å². The summed E-state index contributed by atoms with van der Waals surface area (Å²) in [5.74, 6) is 0. The Bertz CT molecular complexity index is 31.6. The first-order chi connectivity index (χ1) is 2.77. The van der Waals surface area contributed by atoms with Crippen molar-refractivity contribution in [3.63, 3.8) is 0 Å². The quantitative estimate of drug-likeness (QED) is 0.595. The summed E-state index contributed by atoms with van der Waals surface area (Å²) in [5.41, 5.74) is 0. The van der Waals surface area contributed by atoms with Gasteiger partial charge in [0.15, 0.2) is 0 Å². The number of hydrogen-bond donors (Lipinski definition) is 0. The number of hydrogen-bond acceptors (Lipinski definition) is 1. The summed E-state index contributed by atoms with van der Waals surface area (Å²) in [6.45, 7) is 3.39. The first-order valence-electron chi connectivity index (χ1n) is 2.42. The van der Waals surface area contributed by atoms with E-state index in [1.54, 1.807) is 0 Å². The lowest BCUT2D eigenvalue weighted by atomic mass is 10.5. The van der Waals surface area contributed by atoms with Gasteiger partial charge in [-0.1, -0.05) is 6.92 Å². The molecule has 0 aliphatic heterocycles. The van der Waals surface area contributed by atoms with E-state index in [4.69, 9.17) is 0 Å². The molecule has 0 atom stereocenters. The summed E-state index contributed by atoms with van der Waals surface area (Å²) in [5, 5.41) is 0. The minimum Gasteiger partial charge on any atom is -0.309 e. The second kappa shape index (κ2) is 10.5. The lowest BCUT2D eigenvalue weighted by molar-refractivity contribution is 0.408. The number of rotatable bonds is 2. The largest absolute Gasteiger partial charge is 0.309 e. The molecule has 8 heavy (non-hydrogen) atoms. The van der Waals surface area contributed by atoms with E-state index in [1.165, 1.54) is 13.0 Å². The van der Waals surface area contributed by atoms with Crippen LogP contribution in [-0.2, 0) is 0 Å². The van der Waals surface area contributed by atoms with Gasteiger partial charge in [-0.25, -0.2) is 0 Å². The average molecular weight is 160 g/mol. The molecule has 0 saturated carbocycles. The summed E-state index contributed by atoms with van der Waals surface area (Å²) in [6, 6.07) is 0. The van der Waals surface area contributed by atoms with Crippen LogP contribution in [0.5, 0.6) is 0 Å². The van der Waals surface area contributed by atoms with Gasteiger partial charge < -0.3 is 4.90 Å². The van der Waals surface area contributed by atoms with Gasteiger partial charge in [0.05, 0.1) is 0 Å². The molecule has 0 saturated heterocycles. The molecule has 0 aromatic heterocycles. The van der Waals surface area contributed by atoms with Crippen molar-refractivity contribution in [1.82, 2.24) is 4.90 Å². The lowest BCUT2D eigenvalue weighted by Gasteiger charge is -2.03. The van der Waals surface area contributed by atoms with Crippen molar-refractivity contribution in [2.24, 2.45) is 0 Å². The van der Waals surface area contributed by atoms with Crippen molar-refractivity contribution in [2.75, 3.05) is 20.6 Å². The molecular formula is C5H15Cl2N. The molecule has 0 amide bonds. The average Bonchev–Trinajstić information content (AvgIpc) is 1.35. The molecule has 0 unspecified atom stereocenters.